The van der Waals surface area contributed by atoms with Crippen molar-refractivity contribution in [1.29, 1.82) is 0 Å². The number of fused-ring (bicyclic) bond motifs is 1. The largest absolute Gasteiger partial charge is 0.361 e. The molecule has 2 aliphatic heterocycles. The molecule has 1 amide bonds. The van der Waals surface area contributed by atoms with Crippen LogP contribution in [0.4, 0.5) is 0 Å². The van der Waals surface area contributed by atoms with Crippen molar-refractivity contribution in [3.63, 3.8) is 0 Å². The van der Waals surface area contributed by atoms with Gasteiger partial charge in [-0.1, -0.05) is 0 Å². The smallest absolute Gasteiger partial charge is 0.253 e. The van der Waals surface area contributed by atoms with Gasteiger partial charge in [-0.3, -0.25) is 4.79 Å². The SMILES string of the molecule is O=C(c1ccc2[nH]ccc2c1)N1CCC2(CCNC2)C1. The molecule has 1 aromatic heterocycles. The third-order valence-electron chi connectivity index (χ3n) is 4.86. The van der Waals surface area contributed by atoms with E-state index >= 15 is 0 Å². The summed E-state index contributed by atoms with van der Waals surface area (Å²) in [6.45, 7) is 3.96. The Morgan fingerprint density at radius 1 is 1.25 bits per heavy atom. The van der Waals surface area contributed by atoms with Gasteiger partial charge in [-0.15, -0.1) is 0 Å². The molecular weight excluding hydrogens is 250 g/mol. The van der Waals surface area contributed by atoms with Crippen LogP contribution in [-0.4, -0.2) is 42.0 Å². The third-order valence-corrected chi connectivity index (χ3v) is 4.86. The number of carbonyl (C=O) groups is 1. The van der Waals surface area contributed by atoms with Crippen LogP contribution in [-0.2, 0) is 0 Å². The highest BCUT2D eigenvalue weighted by Gasteiger charge is 2.41. The van der Waals surface area contributed by atoms with E-state index in [9.17, 15) is 4.79 Å². The average Bonchev–Trinajstić information content (AvgIpc) is 3.19. The molecule has 4 nitrogen and oxygen atoms in total. The van der Waals surface area contributed by atoms with E-state index in [4.69, 9.17) is 0 Å². The molecule has 1 unspecified atom stereocenters. The normalized spacial score (nSPS) is 25.9. The zero-order valence-electron chi connectivity index (χ0n) is 11.5. The van der Waals surface area contributed by atoms with E-state index in [0.29, 0.717) is 5.41 Å². The predicted octanol–water partition coefficient (Wildman–Crippen LogP) is 1.99. The Morgan fingerprint density at radius 2 is 2.20 bits per heavy atom. The third kappa shape index (κ3) is 1.83. The maximum atomic E-state index is 12.6. The van der Waals surface area contributed by atoms with Crippen molar-refractivity contribution in [3.8, 4) is 0 Å². The molecule has 0 bridgehead atoms. The van der Waals surface area contributed by atoms with Crippen molar-refractivity contribution in [2.75, 3.05) is 26.2 Å². The van der Waals surface area contributed by atoms with Gasteiger partial charge in [0.25, 0.3) is 5.91 Å². The first-order valence-corrected chi connectivity index (χ1v) is 7.33. The van der Waals surface area contributed by atoms with E-state index in [2.05, 4.69) is 10.3 Å². The number of aromatic nitrogens is 1. The maximum Gasteiger partial charge on any atom is 0.253 e. The molecule has 3 heterocycles. The maximum absolute atomic E-state index is 12.6. The highest BCUT2D eigenvalue weighted by atomic mass is 16.2. The zero-order valence-corrected chi connectivity index (χ0v) is 11.5. The first-order chi connectivity index (χ1) is 9.76. The fourth-order valence-corrected chi connectivity index (χ4v) is 3.62. The Kier molecular flexibility index (Phi) is 2.60. The summed E-state index contributed by atoms with van der Waals surface area (Å²) < 4.78 is 0. The summed E-state index contributed by atoms with van der Waals surface area (Å²) in [6.07, 6.45) is 4.25. The number of aromatic amines is 1. The Hall–Kier alpha value is -1.81. The molecule has 2 aromatic rings. The number of hydrogen-bond donors (Lipinski definition) is 2. The summed E-state index contributed by atoms with van der Waals surface area (Å²) >= 11 is 0. The van der Waals surface area contributed by atoms with Crippen LogP contribution >= 0.6 is 0 Å². The molecule has 104 valence electrons. The van der Waals surface area contributed by atoms with Crippen molar-refractivity contribution in [3.05, 3.63) is 36.0 Å². The first kappa shape index (κ1) is 12.0. The van der Waals surface area contributed by atoms with E-state index in [1.54, 1.807) is 0 Å². The predicted molar refractivity (Wildman–Crippen MR) is 78.7 cm³/mol. The van der Waals surface area contributed by atoms with E-state index in [1.807, 2.05) is 35.4 Å². The molecule has 2 N–H and O–H groups in total. The highest BCUT2D eigenvalue weighted by Crippen LogP contribution is 2.36. The number of H-pyrrole nitrogens is 1. The molecular formula is C16H19N3O. The Bertz CT molecular complexity index is 655. The van der Waals surface area contributed by atoms with Crippen LogP contribution in [0.2, 0.25) is 0 Å². The fourth-order valence-electron chi connectivity index (χ4n) is 3.62. The van der Waals surface area contributed by atoms with Gasteiger partial charge in [0.1, 0.15) is 0 Å². The quantitative estimate of drug-likeness (QED) is 0.832. The number of carbonyl (C=O) groups excluding carboxylic acids is 1. The van der Waals surface area contributed by atoms with Gasteiger partial charge in [0.2, 0.25) is 0 Å². The van der Waals surface area contributed by atoms with Gasteiger partial charge in [0.15, 0.2) is 0 Å². The van der Waals surface area contributed by atoms with E-state index in [0.717, 1.165) is 49.1 Å². The average molecular weight is 269 g/mol. The number of nitrogens with one attached hydrogen (secondary N) is 2. The summed E-state index contributed by atoms with van der Waals surface area (Å²) in [5.74, 6) is 0.178. The number of benzene rings is 1. The second kappa shape index (κ2) is 4.35. The van der Waals surface area contributed by atoms with Crippen LogP contribution in [0, 0.1) is 5.41 Å². The zero-order chi connectivity index (χ0) is 13.6. The molecule has 4 heteroatoms. The van der Waals surface area contributed by atoms with Gasteiger partial charge in [0, 0.05) is 47.7 Å². The number of likely N-dealkylation sites (tertiary alicyclic amines) is 1. The Morgan fingerprint density at radius 3 is 3.05 bits per heavy atom. The fraction of sp³-hybridized carbons (Fsp3) is 0.438. The lowest BCUT2D eigenvalue weighted by molar-refractivity contribution is 0.0776. The van der Waals surface area contributed by atoms with Crippen LogP contribution in [0.25, 0.3) is 10.9 Å². The molecule has 2 fully saturated rings. The van der Waals surface area contributed by atoms with Crippen LogP contribution in [0.1, 0.15) is 23.2 Å². The van der Waals surface area contributed by atoms with Crippen LogP contribution in [0.5, 0.6) is 0 Å². The molecule has 2 saturated heterocycles. The minimum Gasteiger partial charge on any atom is -0.361 e. The number of hydrogen-bond acceptors (Lipinski definition) is 2. The van der Waals surface area contributed by atoms with Gasteiger partial charge in [0.05, 0.1) is 0 Å². The highest BCUT2D eigenvalue weighted by molar-refractivity contribution is 5.98. The summed E-state index contributed by atoms with van der Waals surface area (Å²) in [5, 5.41) is 4.54. The molecule has 1 atom stereocenters. The summed E-state index contributed by atoms with van der Waals surface area (Å²) in [7, 11) is 0. The molecule has 1 spiro atoms. The second-order valence-corrected chi connectivity index (χ2v) is 6.18. The first-order valence-electron chi connectivity index (χ1n) is 7.33. The van der Waals surface area contributed by atoms with Crippen molar-refractivity contribution in [2.24, 2.45) is 5.41 Å². The van der Waals surface area contributed by atoms with Crippen LogP contribution in [0.3, 0.4) is 0 Å². The van der Waals surface area contributed by atoms with E-state index in [-0.39, 0.29) is 5.91 Å². The van der Waals surface area contributed by atoms with Crippen molar-refractivity contribution in [1.82, 2.24) is 15.2 Å². The topological polar surface area (TPSA) is 48.1 Å². The van der Waals surface area contributed by atoms with E-state index < -0.39 is 0 Å². The Labute approximate surface area is 118 Å². The van der Waals surface area contributed by atoms with Crippen LogP contribution < -0.4 is 5.32 Å². The molecule has 1 aromatic carbocycles. The van der Waals surface area contributed by atoms with E-state index in [1.165, 1.54) is 6.42 Å². The minimum absolute atomic E-state index is 0.178. The summed E-state index contributed by atoms with van der Waals surface area (Å²) in [5.41, 5.74) is 2.23. The Balaban J connectivity index is 1.57. The molecule has 2 aliphatic rings. The molecule has 0 saturated carbocycles. The lowest BCUT2D eigenvalue weighted by Crippen LogP contribution is -2.33. The monoisotopic (exact) mass is 269 g/mol. The van der Waals surface area contributed by atoms with Crippen molar-refractivity contribution >= 4 is 16.8 Å². The number of amides is 1. The minimum atomic E-state index is 0.178. The lowest BCUT2D eigenvalue weighted by Gasteiger charge is -2.22. The van der Waals surface area contributed by atoms with Gasteiger partial charge < -0.3 is 15.2 Å². The van der Waals surface area contributed by atoms with Crippen molar-refractivity contribution < 1.29 is 4.79 Å². The van der Waals surface area contributed by atoms with Gasteiger partial charge >= 0.3 is 0 Å². The number of nitrogens with zero attached hydrogens (tertiary/aromatic N) is 1. The standard InChI is InChI=1S/C16H19N3O/c20-15(13-1-2-14-12(9-13)3-6-18-14)19-8-5-16(11-19)4-7-17-10-16/h1-3,6,9,17-18H,4-5,7-8,10-11H2. The van der Waals surface area contributed by atoms with Crippen molar-refractivity contribution in [2.45, 2.75) is 12.8 Å². The number of rotatable bonds is 1. The van der Waals surface area contributed by atoms with Gasteiger partial charge in [-0.25, -0.2) is 0 Å². The molecule has 20 heavy (non-hydrogen) atoms. The van der Waals surface area contributed by atoms with Crippen LogP contribution in [0.15, 0.2) is 30.5 Å². The molecule has 4 rings (SSSR count). The molecule has 0 radical (unpaired) electrons. The summed E-state index contributed by atoms with van der Waals surface area (Å²) in [6, 6.07) is 7.93. The lowest BCUT2D eigenvalue weighted by atomic mass is 9.86. The van der Waals surface area contributed by atoms with Gasteiger partial charge in [-0.05, 0) is 43.7 Å². The second-order valence-electron chi connectivity index (χ2n) is 6.18. The van der Waals surface area contributed by atoms with Gasteiger partial charge in [-0.2, -0.15) is 0 Å². The molecule has 0 aliphatic carbocycles. The summed E-state index contributed by atoms with van der Waals surface area (Å²) in [4.78, 5) is 17.8.